The van der Waals surface area contributed by atoms with Crippen molar-refractivity contribution in [1.29, 1.82) is 0 Å². The number of ether oxygens (including phenoxy) is 2. The van der Waals surface area contributed by atoms with Crippen molar-refractivity contribution in [2.24, 2.45) is 5.73 Å². The van der Waals surface area contributed by atoms with Crippen LogP contribution in [0.5, 0.6) is 11.5 Å². The molecular weight excluding hydrogens is 482 g/mol. The highest BCUT2D eigenvalue weighted by atomic mass is 32.2. The monoisotopic (exact) mass is 504 g/mol. The molecule has 0 saturated heterocycles. The second-order valence-electron chi connectivity index (χ2n) is 7.99. The predicted octanol–water partition coefficient (Wildman–Crippen LogP) is 3.15. The molecule has 0 spiro atoms. The number of amides is 1. The number of fused-ring (bicyclic) bond motifs is 1. The Labute approximate surface area is 200 Å². The number of benzene rings is 3. The van der Waals surface area contributed by atoms with Gasteiger partial charge in [-0.25, -0.2) is 17.2 Å². The van der Waals surface area contributed by atoms with Gasteiger partial charge in [0, 0.05) is 18.6 Å². The SMILES string of the molecule is Cc1ccc(N(CC(N)=O)S(=O)(=O)c2ccc3c(c2)OC(C)O3)c(C(O)c2c(F)cccc2F)c1. The molecule has 0 radical (unpaired) electrons. The first-order valence-electron chi connectivity index (χ1n) is 10.5. The molecule has 1 amide bonds. The Bertz CT molecular complexity index is 1390. The van der Waals surface area contributed by atoms with Gasteiger partial charge in [-0.2, -0.15) is 0 Å². The molecule has 1 heterocycles. The number of hydrogen-bond acceptors (Lipinski definition) is 6. The zero-order chi connectivity index (χ0) is 25.5. The Balaban J connectivity index is 1.87. The summed E-state index contributed by atoms with van der Waals surface area (Å²) in [5, 5.41) is 11.0. The van der Waals surface area contributed by atoms with Crippen LogP contribution in [0.15, 0.2) is 59.5 Å². The van der Waals surface area contributed by atoms with Crippen molar-refractivity contribution in [2.45, 2.75) is 31.1 Å². The van der Waals surface area contributed by atoms with Gasteiger partial charge in [-0.05, 0) is 37.3 Å². The average Bonchev–Trinajstić information content (AvgIpc) is 3.16. The van der Waals surface area contributed by atoms with Gasteiger partial charge in [0.2, 0.25) is 12.2 Å². The summed E-state index contributed by atoms with van der Waals surface area (Å²) in [5.41, 5.74) is 4.97. The first-order chi connectivity index (χ1) is 16.5. The average molecular weight is 505 g/mol. The van der Waals surface area contributed by atoms with Crippen LogP contribution in [0.4, 0.5) is 14.5 Å². The van der Waals surface area contributed by atoms with E-state index in [0.717, 1.165) is 18.2 Å². The fraction of sp³-hybridized carbons (Fsp3) is 0.208. The molecule has 0 aromatic heterocycles. The van der Waals surface area contributed by atoms with Crippen molar-refractivity contribution in [3.63, 3.8) is 0 Å². The summed E-state index contributed by atoms with van der Waals surface area (Å²) < 4.78 is 67.8. The maximum absolute atomic E-state index is 14.5. The van der Waals surface area contributed by atoms with Crippen LogP contribution in [0.25, 0.3) is 0 Å². The quantitative estimate of drug-likeness (QED) is 0.510. The fourth-order valence-corrected chi connectivity index (χ4v) is 5.31. The smallest absolute Gasteiger partial charge is 0.264 e. The molecule has 0 bridgehead atoms. The lowest BCUT2D eigenvalue weighted by molar-refractivity contribution is -0.116. The topological polar surface area (TPSA) is 119 Å². The molecule has 2 atom stereocenters. The van der Waals surface area contributed by atoms with Gasteiger partial charge in [-0.15, -0.1) is 0 Å². The van der Waals surface area contributed by atoms with Gasteiger partial charge in [-0.3, -0.25) is 9.10 Å². The van der Waals surface area contributed by atoms with Gasteiger partial charge in [0.05, 0.1) is 16.1 Å². The summed E-state index contributed by atoms with van der Waals surface area (Å²) in [6.07, 6.45) is -2.49. The molecule has 3 aromatic rings. The summed E-state index contributed by atoms with van der Waals surface area (Å²) in [7, 11) is -4.46. The minimum atomic E-state index is -4.46. The van der Waals surface area contributed by atoms with E-state index >= 15 is 0 Å². The lowest BCUT2D eigenvalue weighted by Crippen LogP contribution is -2.39. The van der Waals surface area contributed by atoms with E-state index in [-0.39, 0.29) is 21.9 Å². The predicted molar refractivity (Wildman–Crippen MR) is 122 cm³/mol. The molecule has 35 heavy (non-hydrogen) atoms. The first kappa shape index (κ1) is 24.4. The molecule has 3 N–H and O–H groups in total. The molecule has 3 aromatic carbocycles. The maximum Gasteiger partial charge on any atom is 0.264 e. The Morgan fingerprint density at radius 3 is 2.40 bits per heavy atom. The van der Waals surface area contributed by atoms with Crippen molar-refractivity contribution >= 4 is 21.6 Å². The Kier molecular flexibility index (Phi) is 6.39. The third-order valence-corrected chi connectivity index (χ3v) is 7.16. The lowest BCUT2D eigenvalue weighted by atomic mass is 9.97. The molecule has 4 rings (SSSR count). The molecule has 11 heteroatoms. The largest absolute Gasteiger partial charge is 0.451 e. The molecule has 1 aliphatic rings. The van der Waals surface area contributed by atoms with Crippen LogP contribution in [-0.2, 0) is 14.8 Å². The number of aliphatic hydroxyl groups excluding tert-OH is 1. The number of rotatable bonds is 7. The van der Waals surface area contributed by atoms with Crippen LogP contribution >= 0.6 is 0 Å². The van der Waals surface area contributed by atoms with Gasteiger partial charge in [0.1, 0.15) is 24.3 Å². The summed E-state index contributed by atoms with van der Waals surface area (Å²) >= 11 is 0. The van der Waals surface area contributed by atoms with Crippen LogP contribution in [0.1, 0.15) is 29.7 Å². The number of halogens is 2. The van der Waals surface area contributed by atoms with Crippen molar-refractivity contribution < 1.29 is 36.6 Å². The van der Waals surface area contributed by atoms with E-state index in [0.29, 0.717) is 15.6 Å². The van der Waals surface area contributed by atoms with E-state index in [4.69, 9.17) is 15.2 Å². The number of anilines is 1. The van der Waals surface area contributed by atoms with Gasteiger partial charge in [0.15, 0.2) is 11.5 Å². The van der Waals surface area contributed by atoms with Gasteiger partial charge >= 0.3 is 0 Å². The molecule has 1 aliphatic heterocycles. The summed E-state index contributed by atoms with van der Waals surface area (Å²) in [4.78, 5) is 11.7. The number of hydrogen-bond donors (Lipinski definition) is 2. The molecule has 8 nitrogen and oxygen atoms in total. The second kappa shape index (κ2) is 9.16. The van der Waals surface area contributed by atoms with Crippen LogP contribution in [0.2, 0.25) is 0 Å². The first-order valence-corrected chi connectivity index (χ1v) is 11.9. The summed E-state index contributed by atoms with van der Waals surface area (Å²) in [6.45, 7) is 2.49. The van der Waals surface area contributed by atoms with Crippen molar-refractivity contribution in [1.82, 2.24) is 0 Å². The number of aliphatic hydroxyl groups is 1. The van der Waals surface area contributed by atoms with Crippen LogP contribution in [0, 0.1) is 18.6 Å². The van der Waals surface area contributed by atoms with Crippen LogP contribution in [0.3, 0.4) is 0 Å². The van der Waals surface area contributed by atoms with E-state index in [9.17, 15) is 27.1 Å². The van der Waals surface area contributed by atoms with E-state index in [1.165, 1.54) is 36.4 Å². The zero-order valence-corrected chi connectivity index (χ0v) is 19.6. The van der Waals surface area contributed by atoms with E-state index in [1.54, 1.807) is 13.8 Å². The third-order valence-electron chi connectivity index (χ3n) is 5.41. The van der Waals surface area contributed by atoms with Crippen LogP contribution < -0.4 is 19.5 Å². The summed E-state index contributed by atoms with van der Waals surface area (Å²) in [5.74, 6) is -2.48. The highest BCUT2D eigenvalue weighted by molar-refractivity contribution is 7.92. The number of carbonyl (C=O) groups excluding carboxylic acids is 1. The van der Waals surface area contributed by atoms with Crippen molar-refractivity contribution in [3.8, 4) is 11.5 Å². The van der Waals surface area contributed by atoms with Crippen molar-refractivity contribution in [2.75, 3.05) is 10.8 Å². The molecule has 0 saturated carbocycles. The Morgan fingerprint density at radius 2 is 1.74 bits per heavy atom. The van der Waals surface area contributed by atoms with Gasteiger partial charge in [0.25, 0.3) is 10.0 Å². The molecular formula is C24H22F2N2O6S. The van der Waals surface area contributed by atoms with E-state index in [2.05, 4.69) is 0 Å². The minimum Gasteiger partial charge on any atom is -0.451 e. The normalized spacial score (nSPS) is 15.6. The molecule has 2 unspecified atom stereocenters. The Morgan fingerprint density at radius 1 is 1.09 bits per heavy atom. The zero-order valence-electron chi connectivity index (χ0n) is 18.7. The molecule has 0 fully saturated rings. The van der Waals surface area contributed by atoms with Gasteiger partial charge < -0.3 is 20.3 Å². The molecule has 184 valence electrons. The number of carbonyl (C=O) groups is 1. The minimum absolute atomic E-state index is 0.131. The second-order valence-corrected chi connectivity index (χ2v) is 9.85. The van der Waals surface area contributed by atoms with E-state index < -0.39 is 52.1 Å². The van der Waals surface area contributed by atoms with Crippen LogP contribution in [-0.4, -0.2) is 32.3 Å². The lowest BCUT2D eigenvalue weighted by Gasteiger charge is -2.27. The van der Waals surface area contributed by atoms with E-state index in [1.807, 2.05) is 0 Å². The molecule has 0 aliphatic carbocycles. The number of nitrogens with zero attached hydrogens (tertiary/aromatic N) is 1. The maximum atomic E-state index is 14.5. The standard InChI is InChI=1S/C24H22F2N2O6S/c1-13-6-8-19(16(10-13)24(30)23-17(25)4-3-5-18(23)26)28(12-22(27)29)35(31,32)15-7-9-20-21(11-15)34-14(2)33-20/h3-11,14,24,30H,12H2,1-2H3,(H2,27,29). The number of sulfonamides is 1. The van der Waals surface area contributed by atoms with Gasteiger partial charge in [-0.1, -0.05) is 23.8 Å². The number of primary amides is 1. The fourth-order valence-electron chi connectivity index (χ4n) is 3.84. The number of aryl methyl sites for hydroxylation is 1. The summed E-state index contributed by atoms with van der Waals surface area (Å²) in [6, 6.07) is 11.3. The highest BCUT2D eigenvalue weighted by Crippen LogP contribution is 2.39. The Hall–Kier alpha value is -3.70. The number of nitrogens with two attached hydrogens (primary N) is 1. The third kappa shape index (κ3) is 4.64. The van der Waals surface area contributed by atoms with Crippen molar-refractivity contribution in [3.05, 3.63) is 82.9 Å². The highest BCUT2D eigenvalue weighted by Gasteiger charge is 2.33.